The van der Waals surface area contributed by atoms with Crippen LogP contribution >= 0.6 is 11.3 Å². The van der Waals surface area contributed by atoms with Gasteiger partial charge in [-0.25, -0.2) is 9.97 Å². The minimum atomic E-state index is 0.427. The number of aromatic nitrogens is 2. The van der Waals surface area contributed by atoms with Crippen molar-refractivity contribution in [1.29, 1.82) is 0 Å². The lowest BCUT2D eigenvalue weighted by Gasteiger charge is -2.16. The second-order valence-electron chi connectivity index (χ2n) is 4.99. The van der Waals surface area contributed by atoms with Crippen LogP contribution in [0.2, 0.25) is 0 Å². The molecule has 19 heavy (non-hydrogen) atoms. The Balaban J connectivity index is 2.47. The summed E-state index contributed by atoms with van der Waals surface area (Å²) in [7, 11) is 0. The van der Waals surface area contributed by atoms with Gasteiger partial charge < -0.3 is 5.32 Å². The molecule has 2 heterocycles. The second-order valence-corrected chi connectivity index (χ2v) is 5.77. The van der Waals surface area contributed by atoms with Crippen molar-refractivity contribution in [3.63, 3.8) is 0 Å². The molecule has 2 aromatic rings. The summed E-state index contributed by atoms with van der Waals surface area (Å²) in [6.07, 6.45) is 1.09. The number of thiophene rings is 1. The molecule has 0 aliphatic rings. The highest BCUT2D eigenvalue weighted by Crippen LogP contribution is 2.28. The molecule has 2 rings (SSSR count). The third-order valence-electron chi connectivity index (χ3n) is 3.04. The van der Waals surface area contributed by atoms with Crippen molar-refractivity contribution >= 4 is 17.2 Å². The van der Waals surface area contributed by atoms with Crippen LogP contribution < -0.4 is 5.32 Å². The van der Waals surface area contributed by atoms with Gasteiger partial charge in [0.05, 0.1) is 0 Å². The van der Waals surface area contributed by atoms with Gasteiger partial charge in [-0.3, -0.25) is 0 Å². The lowest BCUT2D eigenvalue weighted by Crippen LogP contribution is -2.10. The zero-order chi connectivity index (χ0) is 13.8. The molecule has 0 aromatic carbocycles. The zero-order valence-corrected chi connectivity index (χ0v) is 12.8. The molecule has 0 saturated heterocycles. The summed E-state index contributed by atoms with van der Waals surface area (Å²) in [6.45, 7) is 9.55. The molecular weight excluding hydrogens is 254 g/mol. The van der Waals surface area contributed by atoms with Gasteiger partial charge in [-0.05, 0) is 30.7 Å². The molecule has 0 radical (unpaired) electrons. The Morgan fingerprint density at radius 1 is 1.32 bits per heavy atom. The van der Waals surface area contributed by atoms with Crippen molar-refractivity contribution < 1.29 is 0 Å². The average Bonchev–Trinajstić information content (AvgIpc) is 2.88. The Labute approximate surface area is 119 Å². The lowest BCUT2D eigenvalue weighted by atomic mass is 10.0. The van der Waals surface area contributed by atoms with Crippen molar-refractivity contribution in [1.82, 2.24) is 9.97 Å². The molecule has 0 spiro atoms. The van der Waals surface area contributed by atoms with E-state index >= 15 is 0 Å². The van der Waals surface area contributed by atoms with Gasteiger partial charge in [-0.15, -0.1) is 0 Å². The molecule has 0 fully saturated rings. The third-order valence-corrected chi connectivity index (χ3v) is 3.72. The first-order chi connectivity index (χ1) is 9.13. The summed E-state index contributed by atoms with van der Waals surface area (Å²) >= 11 is 1.67. The first-order valence-corrected chi connectivity index (χ1v) is 7.72. The number of hydrogen-bond donors (Lipinski definition) is 1. The number of rotatable bonds is 5. The van der Waals surface area contributed by atoms with Crippen LogP contribution in [0.25, 0.3) is 11.4 Å². The van der Waals surface area contributed by atoms with Gasteiger partial charge in [0.1, 0.15) is 5.82 Å². The molecule has 0 aliphatic heterocycles. The van der Waals surface area contributed by atoms with Crippen LogP contribution in [0.4, 0.5) is 5.82 Å². The fourth-order valence-electron chi connectivity index (χ4n) is 2.17. The average molecular weight is 275 g/mol. The minimum absolute atomic E-state index is 0.427. The second kappa shape index (κ2) is 6.15. The van der Waals surface area contributed by atoms with Crippen LogP contribution in [-0.2, 0) is 0 Å². The summed E-state index contributed by atoms with van der Waals surface area (Å²) in [5.74, 6) is 2.24. The number of aryl methyl sites for hydroxylation is 1. The maximum absolute atomic E-state index is 4.72. The fourth-order valence-corrected chi connectivity index (χ4v) is 2.81. The van der Waals surface area contributed by atoms with Gasteiger partial charge in [0, 0.05) is 28.7 Å². The quantitative estimate of drug-likeness (QED) is 0.875. The number of hydrogen-bond acceptors (Lipinski definition) is 4. The molecule has 2 aromatic heterocycles. The highest BCUT2D eigenvalue weighted by atomic mass is 32.1. The molecule has 0 aliphatic carbocycles. The molecular formula is C15H21N3S. The largest absolute Gasteiger partial charge is 0.370 e. The highest BCUT2D eigenvalue weighted by Gasteiger charge is 2.15. The number of nitrogens with zero attached hydrogens (tertiary/aromatic N) is 2. The Kier molecular flexibility index (Phi) is 4.53. The molecule has 1 N–H and O–H groups in total. The topological polar surface area (TPSA) is 37.8 Å². The molecule has 0 saturated carbocycles. The Morgan fingerprint density at radius 3 is 2.68 bits per heavy atom. The van der Waals surface area contributed by atoms with E-state index in [4.69, 9.17) is 4.98 Å². The van der Waals surface area contributed by atoms with Gasteiger partial charge in [-0.2, -0.15) is 11.3 Å². The van der Waals surface area contributed by atoms with Gasteiger partial charge in [-0.1, -0.05) is 20.8 Å². The lowest BCUT2D eigenvalue weighted by molar-refractivity contribution is 0.827. The number of anilines is 1. The van der Waals surface area contributed by atoms with E-state index in [9.17, 15) is 0 Å². The van der Waals surface area contributed by atoms with Crippen LogP contribution in [0.1, 0.15) is 44.4 Å². The standard InChI is InChI=1S/C15H21N3S/c1-5-7-16-15-13(10(2)3)11(4)17-14(18-15)12-6-8-19-9-12/h6,8-10H,5,7H2,1-4H3,(H,16,17,18). The molecule has 4 heteroatoms. The minimum Gasteiger partial charge on any atom is -0.370 e. The van der Waals surface area contributed by atoms with Crippen molar-refractivity contribution in [3.8, 4) is 11.4 Å². The Hall–Kier alpha value is -1.42. The van der Waals surface area contributed by atoms with Crippen LogP contribution in [0, 0.1) is 6.92 Å². The first kappa shape index (κ1) is 14.0. The van der Waals surface area contributed by atoms with Crippen LogP contribution in [0.15, 0.2) is 16.8 Å². The molecule has 0 atom stereocenters. The van der Waals surface area contributed by atoms with E-state index in [1.807, 2.05) is 0 Å². The van der Waals surface area contributed by atoms with Crippen molar-refractivity contribution in [2.75, 3.05) is 11.9 Å². The molecule has 0 unspecified atom stereocenters. The number of nitrogens with one attached hydrogen (secondary N) is 1. The zero-order valence-electron chi connectivity index (χ0n) is 12.0. The van der Waals surface area contributed by atoms with Gasteiger partial charge in [0.2, 0.25) is 0 Å². The van der Waals surface area contributed by atoms with Crippen LogP contribution in [0.5, 0.6) is 0 Å². The van der Waals surface area contributed by atoms with E-state index in [1.165, 1.54) is 5.56 Å². The smallest absolute Gasteiger partial charge is 0.162 e. The third kappa shape index (κ3) is 3.13. The molecule has 0 amide bonds. The monoisotopic (exact) mass is 275 g/mol. The summed E-state index contributed by atoms with van der Waals surface area (Å²) in [4.78, 5) is 9.38. The van der Waals surface area contributed by atoms with E-state index < -0.39 is 0 Å². The predicted octanol–water partition coefficient (Wildman–Crippen LogP) is 4.46. The van der Waals surface area contributed by atoms with E-state index in [-0.39, 0.29) is 0 Å². The summed E-state index contributed by atoms with van der Waals surface area (Å²) in [6, 6.07) is 2.07. The maximum atomic E-state index is 4.72. The SMILES string of the molecule is CCCNc1nc(-c2ccsc2)nc(C)c1C(C)C. The fraction of sp³-hybridized carbons (Fsp3) is 0.467. The summed E-state index contributed by atoms with van der Waals surface area (Å²) in [5.41, 5.74) is 3.40. The van der Waals surface area contributed by atoms with Gasteiger partial charge >= 0.3 is 0 Å². The maximum Gasteiger partial charge on any atom is 0.162 e. The Morgan fingerprint density at radius 2 is 2.11 bits per heavy atom. The van der Waals surface area contributed by atoms with E-state index in [0.717, 1.165) is 35.9 Å². The van der Waals surface area contributed by atoms with Crippen LogP contribution in [-0.4, -0.2) is 16.5 Å². The van der Waals surface area contributed by atoms with E-state index in [2.05, 4.69) is 54.8 Å². The summed E-state index contributed by atoms with van der Waals surface area (Å²) < 4.78 is 0. The normalized spacial score (nSPS) is 11.0. The van der Waals surface area contributed by atoms with Crippen molar-refractivity contribution in [2.45, 2.75) is 40.0 Å². The highest BCUT2D eigenvalue weighted by molar-refractivity contribution is 7.08. The molecule has 0 bridgehead atoms. The van der Waals surface area contributed by atoms with Gasteiger partial charge in [0.25, 0.3) is 0 Å². The van der Waals surface area contributed by atoms with E-state index in [0.29, 0.717) is 5.92 Å². The Bertz CT molecular complexity index is 533. The molecule has 102 valence electrons. The first-order valence-electron chi connectivity index (χ1n) is 6.78. The van der Waals surface area contributed by atoms with Crippen molar-refractivity contribution in [3.05, 3.63) is 28.1 Å². The summed E-state index contributed by atoms with van der Waals surface area (Å²) in [5, 5.41) is 7.59. The van der Waals surface area contributed by atoms with Crippen LogP contribution in [0.3, 0.4) is 0 Å². The van der Waals surface area contributed by atoms with Crippen molar-refractivity contribution in [2.24, 2.45) is 0 Å². The van der Waals surface area contributed by atoms with E-state index in [1.54, 1.807) is 11.3 Å². The van der Waals surface area contributed by atoms with Gasteiger partial charge in [0.15, 0.2) is 5.82 Å². The molecule has 3 nitrogen and oxygen atoms in total. The predicted molar refractivity (Wildman–Crippen MR) is 83.0 cm³/mol.